The van der Waals surface area contributed by atoms with Crippen LogP contribution < -0.4 is 5.32 Å². The lowest BCUT2D eigenvalue weighted by atomic mass is 9.91. The van der Waals surface area contributed by atoms with E-state index in [0.717, 1.165) is 17.9 Å². The zero-order chi connectivity index (χ0) is 13.3. The third-order valence-electron chi connectivity index (χ3n) is 5.95. The fraction of sp³-hybridized carbons (Fsp3) is 1.00. The summed E-state index contributed by atoms with van der Waals surface area (Å²) in [7, 11) is 0. The molecule has 0 aromatic rings. The molecule has 2 saturated carbocycles. The molecule has 0 bridgehead atoms. The van der Waals surface area contributed by atoms with Gasteiger partial charge in [-0.3, -0.25) is 4.90 Å². The number of hydrogen-bond acceptors (Lipinski definition) is 2. The first-order valence-corrected chi connectivity index (χ1v) is 8.68. The molecule has 3 atom stereocenters. The van der Waals surface area contributed by atoms with Crippen molar-refractivity contribution in [3.8, 4) is 0 Å². The van der Waals surface area contributed by atoms with Gasteiger partial charge in [-0.25, -0.2) is 0 Å². The van der Waals surface area contributed by atoms with Crippen molar-refractivity contribution >= 4 is 0 Å². The van der Waals surface area contributed by atoms with Gasteiger partial charge in [-0.15, -0.1) is 0 Å². The highest BCUT2D eigenvalue weighted by Crippen LogP contribution is 2.41. The molecule has 1 aliphatic heterocycles. The fourth-order valence-corrected chi connectivity index (χ4v) is 4.51. The summed E-state index contributed by atoms with van der Waals surface area (Å²) in [6, 6.07) is 0.862. The first kappa shape index (κ1) is 13.9. The largest absolute Gasteiger partial charge is 0.310 e. The van der Waals surface area contributed by atoms with Crippen molar-refractivity contribution in [3.63, 3.8) is 0 Å². The van der Waals surface area contributed by atoms with Crippen LogP contribution in [-0.2, 0) is 0 Å². The maximum atomic E-state index is 3.88. The molecule has 3 aliphatic rings. The van der Waals surface area contributed by atoms with Crippen LogP contribution in [0, 0.1) is 11.8 Å². The van der Waals surface area contributed by atoms with Gasteiger partial charge in [0.2, 0.25) is 0 Å². The lowest BCUT2D eigenvalue weighted by molar-refractivity contribution is 0.110. The minimum atomic E-state index is 0.405. The third-order valence-corrected chi connectivity index (χ3v) is 5.95. The minimum absolute atomic E-state index is 0.405. The summed E-state index contributed by atoms with van der Waals surface area (Å²) in [5.41, 5.74) is 0.405. The molecule has 0 spiro atoms. The van der Waals surface area contributed by atoms with Gasteiger partial charge in [0, 0.05) is 18.1 Å². The van der Waals surface area contributed by atoms with Gasteiger partial charge in [0.05, 0.1) is 0 Å². The molecule has 110 valence electrons. The van der Waals surface area contributed by atoms with Crippen molar-refractivity contribution in [2.45, 2.75) is 76.8 Å². The molecule has 3 unspecified atom stereocenters. The molecule has 2 aliphatic carbocycles. The number of nitrogens with zero attached hydrogens (tertiary/aromatic N) is 1. The van der Waals surface area contributed by atoms with Gasteiger partial charge in [-0.1, -0.05) is 26.2 Å². The van der Waals surface area contributed by atoms with E-state index >= 15 is 0 Å². The number of nitrogens with one attached hydrogen (secondary N) is 1. The summed E-state index contributed by atoms with van der Waals surface area (Å²) < 4.78 is 0. The smallest absolute Gasteiger partial charge is 0.0308 e. The molecule has 1 N–H and O–H groups in total. The fourth-order valence-electron chi connectivity index (χ4n) is 4.51. The van der Waals surface area contributed by atoms with Crippen LogP contribution >= 0.6 is 0 Å². The predicted molar refractivity (Wildman–Crippen MR) is 81.4 cm³/mol. The van der Waals surface area contributed by atoms with Gasteiger partial charge in [0.1, 0.15) is 0 Å². The maximum absolute atomic E-state index is 3.88. The zero-order valence-corrected chi connectivity index (χ0v) is 13.0. The second-order valence-electron chi connectivity index (χ2n) is 7.63. The quantitative estimate of drug-likeness (QED) is 0.769. The maximum Gasteiger partial charge on any atom is 0.0308 e. The molecule has 2 heteroatoms. The Morgan fingerprint density at radius 1 is 1.00 bits per heavy atom. The molecule has 1 heterocycles. The molecule has 0 aromatic carbocycles. The second-order valence-corrected chi connectivity index (χ2v) is 7.63. The third kappa shape index (κ3) is 3.16. The van der Waals surface area contributed by atoms with E-state index in [4.69, 9.17) is 0 Å². The summed E-state index contributed by atoms with van der Waals surface area (Å²) in [4.78, 5) is 2.87. The topological polar surface area (TPSA) is 15.3 Å². The average Bonchev–Trinajstić information content (AvgIpc) is 3.18. The molecule has 2 nitrogen and oxygen atoms in total. The Labute approximate surface area is 119 Å². The zero-order valence-electron chi connectivity index (χ0n) is 13.0. The van der Waals surface area contributed by atoms with E-state index in [1.807, 2.05) is 0 Å². The summed E-state index contributed by atoms with van der Waals surface area (Å²) in [5, 5.41) is 3.88. The van der Waals surface area contributed by atoms with E-state index in [9.17, 15) is 0 Å². The molecule has 3 fully saturated rings. The monoisotopic (exact) mass is 264 g/mol. The van der Waals surface area contributed by atoms with Crippen LogP contribution in [-0.4, -0.2) is 36.1 Å². The average molecular weight is 264 g/mol. The molecule has 0 aromatic heterocycles. The summed E-state index contributed by atoms with van der Waals surface area (Å²) >= 11 is 0. The second kappa shape index (κ2) is 5.73. The Bertz CT molecular complexity index is 300. The summed E-state index contributed by atoms with van der Waals surface area (Å²) in [6.45, 7) is 8.84. The lowest BCUT2D eigenvalue weighted by Gasteiger charge is -2.40. The van der Waals surface area contributed by atoms with Crippen LogP contribution in [0.25, 0.3) is 0 Å². The standard InChI is InChI=1S/C17H32N2/c1-14-7-4-3-5-8-16(14)19-12-6-11-18-17(2,13-19)15-9-10-15/h14-16,18H,3-13H2,1-2H3. The van der Waals surface area contributed by atoms with Crippen molar-refractivity contribution in [2.75, 3.05) is 19.6 Å². The molecule has 0 radical (unpaired) electrons. The lowest BCUT2D eigenvalue weighted by Crippen LogP contribution is -2.53. The van der Waals surface area contributed by atoms with Gasteiger partial charge in [-0.05, 0) is 64.0 Å². The van der Waals surface area contributed by atoms with Gasteiger partial charge in [-0.2, -0.15) is 0 Å². The summed E-state index contributed by atoms with van der Waals surface area (Å²) in [6.07, 6.45) is 11.5. The highest BCUT2D eigenvalue weighted by molar-refractivity contribution is 5.02. The molecule has 0 amide bonds. The van der Waals surface area contributed by atoms with Crippen LogP contribution in [0.2, 0.25) is 0 Å². The van der Waals surface area contributed by atoms with Crippen molar-refractivity contribution in [1.29, 1.82) is 0 Å². The van der Waals surface area contributed by atoms with Crippen LogP contribution in [0.1, 0.15) is 65.2 Å². The van der Waals surface area contributed by atoms with Crippen molar-refractivity contribution in [3.05, 3.63) is 0 Å². The van der Waals surface area contributed by atoms with Gasteiger partial charge >= 0.3 is 0 Å². The SMILES string of the molecule is CC1CCCCCC1N1CCCNC(C)(C2CC2)C1. The normalized spacial score (nSPS) is 42.6. The van der Waals surface area contributed by atoms with Crippen LogP contribution in [0.15, 0.2) is 0 Å². The molecular weight excluding hydrogens is 232 g/mol. The Morgan fingerprint density at radius 2 is 1.79 bits per heavy atom. The van der Waals surface area contributed by atoms with E-state index in [1.54, 1.807) is 0 Å². The first-order chi connectivity index (χ1) is 9.19. The predicted octanol–water partition coefficient (Wildman–Crippen LogP) is 3.42. The van der Waals surface area contributed by atoms with Crippen molar-refractivity contribution in [1.82, 2.24) is 10.2 Å². The Balaban J connectivity index is 1.70. The van der Waals surface area contributed by atoms with Gasteiger partial charge in [0.25, 0.3) is 0 Å². The Kier molecular flexibility index (Phi) is 4.19. The van der Waals surface area contributed by atoms with Crippen LogP contribution in [0.5, 0.6) is 0 Å². The Morgan fingerprint density at radius 3 is 2.58 bits per heavy atom. The van der Waals surface area contributed by atoms with Crippen molar-refractivity contribution < 1.29 is 0 Å². The van der Waals surface area contributed by atoms with Crippen LogP contribution in [0.3, 0.4) is 0 Å². The van der Waals surface area contributed by atoms with Gasteiger partial charge < -0.3 is 5.32 Å². The van der Waals surface area contributed by atoms with E-state index in [2.05, 4.69) is 24.1 Å². The van der Waals surface area contributed by atoms with E-state index < -0.39 is 0 Å². The molecular formula is C17H32N2. The molecule has 19 heavy (non-hydrogen) atoms. The van der Waals surface area contributed by atoms with Gasteiger partial charge in [0.15, 0.2) is 0 Å². The number of hydrogen-bond donors (Lipinski definition) is 1. The Hall–Kier alpha value is -0.0800. The minimum Gasteiger partial charge on any atom is -0.310 e. The van der Waals surface area contributed by atoms with Crippen molar-refractivity contribution in [2.24, 2.45) is 11.8 Å². The number of rotatable bonds is 2. The van der Waals surface area contributed by atoms with E-state index in [-0.39, 0.29) is 0 Å². The molecule has 1 saturated heterocycles. The highest BCUT2D eigenvalue weighted by atomic mass is 15.2. The van der Waals surface area contributed by atoms with Crippen LogP contribution in [0.4, 0.5) is 0 Å². The molecule has 3 rings (SSSR count). The first-order valence-electron chi connectivity index (χ1n) is 8.68. The van der Waals surface area contributed by atoms with E-state index in [1.165, 1.54) is 71.0 Å². The van der Waals surface area contributed by atoms with E-state index in [0.29, 0.717) is 5.54 Å². The summed E-state index contributed by atoms with van der Waals surface area (Å²) in [5.74, 6) is 1.86. The highest BCUT2D eigenvalue weighted by Gasteiger charge is 2.44.